The summed E-state index contributed by atoms with van der Waals surface area (Å²) in [7, 11) is 1.77. The molecule has 2 nitrogen and oxygen atoms in total. The number of rotatable bonds is 2. The first-order chi connectivity index (χ1) is 6.77. The normalized spacial score (nSPS) is 9.36. The molecule has 0 aromatic heterocycles. The molecule has 0 bridgehead atoms. The first-order valence-electron chi connectivity index (χ1n) is 4.30. The van der Waals surface area contributed by atoms with Gasteiger partial charge < -0.3 is 10.4 Å². The van der Waals surface area contributed by atoms with Crippen LogP contribution in [0.3, 0.4) is 0 Å². The fourth-order valence-corrected chi connectivity index (χ4v) is 0.994. The molecular formula is C11H12FNO. The molecule has 0 aliphatic heterocycles. The molecule has 3 heteroatoms. The molecule has 1 aromatic carbocycles. The van der Waals surface area contributed by atoms with E-state index < -0.39 is 0 Å². The van der Waals surface area contributed by atoms with E-state index in [9.17, 15) is 4.39 Å². The number of hydrogen-bond acceptors (Lipinski definition) is 2. The van der Waals surface area contributed by atoms with Crippen LogP contribution < -0.4 is 5.32 Å². The molecule has 0 amide bonds. The molecule has 74 valence electrons. The van der Waals surface area contributed by atoms with Gasteiger partial charge in [0.2, 0.25) is 0 Å². The second-order valence-electron chi connectivity index (χ2n) is 2.80. The highest BCUT2D eigenvalue weighted by molar-refractivity contribution is 5.38. The van der Waals surface area contributed by atoms with Crippen molar-refractivity contribution in [3.63, 3.8) is 0 Å². The van der Waals surface area contributed by atoms with Crippen LogP contribution in [-0.4, -0.2) is 18.7 Å². The Kier molecular flexibility index (Phi) is 4.11. The Hall–Kier alpha value is -1.37. The summed E-state index contributed by atoms with van der Waals surface area (Å²) in [5.41, 5.74) is 0.993. The number of benzene rings is 1. The molecule has 0 saturated carbocycles. The zero-order valence-electron chi connectivity index (χ0n) is 7.97. The summed E-state index contributed by atoms with van der Waals surface area (Å²) in [4.78, 5) is 0. The van der Waals surface area contributed by atoms with Crippen molar-refractivity contribution in [1.82, 2.24) is 5.32 Å². The lowest BCUT2D eigenvalue weighted by Crippen LogP contribution is -2.04. The van der Waals surface area contributed by atoms with Crippen LogP contribution >= 0.6 is 0 Å². The highest BCUT2D eigenvalue weighted by Gasteiger charge is 1.99. The van der Waals surface area contributed by atoms with Gasteiger partial charge in [0, 0.05) is 0 Å². The minimum Gasteiger partial charge on any atom is -0.392 e. The zero-order valence-corrected chi connectivity index (χ0v) is 7.97. The summed E-state index contributed by atoms with van der Waals surface area (Å²) < 4.78 is 13.1. The van der Waals surface area contributed by atoms with E-state index in [4.69, 9.17) is 5.11 Å². The second kappa shape index (κ2) is 5.38. The third-order valence-electron chi connectivity index (χ3n) is 1.70. The van der Waals surface area contributed by atoms with Gasteiger partial charge in [-0.2, -0.15) is 0 Å². The van der Waals surface area contributed by atoms with Gasteiger partial charge in [0.05, 0.1) is 18.7 Å². The fraction of sp³-hybridized carbons (Fsp3) is 0.273. The third-order valence-corrected chi connectivity index (χ3v) is 1.70. The number of aliphatic hydroxyl groups is 1. The summed E-state index contributed by atoms with van der Waals surface area (Å²) in [5, 5.41) is 11.7. The minimum absolute atomic E-state index is 0.0962. The van der Waals surface area contributed by atoms with E-state index in [1.165, 1.54) is 6.07 Å². The molecule has 2 N–H and O–H groups in total. The molecule has 0 saturated heterocycles. The van der Waals surface area contributed by atoms with Crippen LogP contribution in [0.25, 0.3) is 0 Å². The van der Waals surface area contributed by atoms with Crippen molar-refractivity contribution < 1.29 is 9.50 Å². The molecule has 0 atom stereocenters. The molecule has 0 aliphatic carbocycles. The average Bonchev–Trinajstić information content (AvgIpc) is 2.21. The van der Waals surface area contributed by atoms with Crippen LogP contribution in [0, 0.1) is 17.7 Å². The third kappa shape index (κ3) is 2.84. The van der Waals surface area contributed by atoms with Gasteiger partial charge in [0.1, 0.15) is 5.82 Å². The summed E-state index contributed by atoms with van der Waals surface area (Å²) in [5.74, 6) is 5.09. The zero-order chi connectivity index (χ0) is 10.4. The van der Waals surface area contributed by atoms with Crippen molar-refractivity contribution in [2.75, 3.05) is 13.6 Å². The first-order valence-corrected chi connectivity index (χ1v) is 4.30. The lowest BCUT2D eigenvalue weighted by atomic mass is 10.1. The molecule has 14 heavy (non-hydrogen) atoms. The minimum atomic E-state index is -0.356. The molecule has 0 heterocycles. The summed E-state index contributed by atoms with van der Waals surface area (Å²) in [6.07, 6.45) is 0. The maximum absolute atomic E-state index is 13.1. The van der Waals surface area contributed by atoms with Gasteiger partial charge in [0.25, 0.3) is 0 Å². The van der Waals surface area contributed by atoms with E-state index in [1.807, 2.05) is 0 Å². The molecule has 0 radical (unpaired) electrons. The SMILES string of the molecule is CNCC#Cc1cc(CO)ccc1F. The van der Waals surface area contributed by atoms with Gasteiger partial charge >= 0.3 is 0 Å². The van der Waals surface area contributed by atoms with Gasteiger partial charge in [-0.15, -0.1) is 0 Å². The number of aliphatic hydroxyl groups excluding tert-OH is 1. The van der Waals surface area contributed by atoms with Crippen LogP contribution in [-0.2, 0) is 6.61 Å². The van der Waals surface area contributed by atoms with Crippen LogP contribution in [0.15, 0.2) is 18.2 Å². The fourth-order valence-electron chi connectivity index (χ4n) is 0.994. The van der Waals surface area contributed by atoms with Crippen molar-refractivity contribution in [3.05, 3.63) is 35.1 Å². The van der Waals surface area contributed by atoms with Crippen molar-refractivity contribution >= 4 is 0 Å². The highest BCUT2D eigenvalue weighted by Crippen LogP contribution is 2.09. The Morgan fingerprint density at radius 3 is 2.93 bits per heavy atom. The maximum atomic E-state index is 13.1. The van der Waals surface area contributed by atoms with E-state index in [-0.39, 0.29) is 12.4 Å². The molecule has 0 aliphatic rings. The van der Waals surface area contributed by atoms with Gasteiger partial charge in [-0.05, 0) is 24.7 Å². The molecular weight excluding hydrogens is 181 g/mol. The van der Waals surface area contributed by atoms with Crippen molar-refractivity contribution in [3.8, 4) is 11.8 Å². The van der Waals surface area contributed by atoms with Crippen molar-refractivity contribution in [2.45, 2.75) is 6.61 Å². The molecule has 0 unspecified atom stereocenters. The second-order valence-corrected chi connectivity index (χ2v) is 2.80. The molecule has 1 rings (SSSR count). The largest absolute Gasteiger partial charge is 0.392 e. The van der Waals surface area contributed by atoms with E-state index in [2.05, 4.69) is 17.2 Å². The smallest absolute Gasteiger partial charge is 0.138 e. The summed E-state index contributed by atoms with van der Waals surface area (Å²) >= 11 is 0. The molecule has 0 fully saturated rings. The number of hydrogen-bond donors (Lipinski definition) is 2. The highest BCUT2D eigenvalue weighted by atomic mass is 19.1. The lowest BCUT2D eigenvalue weighted by Gasteiger charge is -1.98. The topological polar surface area (TPSA) is 32.3 Å². The van der Waals surface area contributed by atoms with Crippen LogP contribution in [0.5, 0.6) is 0 Å². The molecule has 0 spiro atoms. The van der Waals surface area contributed by atoms with Crippen LogP contribution in [0.1, 0.15) is 11.1 Å². The van der Waals surface area contributed by atoms with E-state index in [1.54, 1.807) is 19.2 Å². The predicted molar refractivity (Wildman–Crippen MR) is 53.1 cm³/mol. The lowest BCUT2D eigenvalue weighted by molar-refractivity contribution is 0.281. The average molecular weight is 193 g/mol. The van der Waals surface area contributed by atoms with E-state index in [0.717, 1.165) is 0 Å². The van der Waals surface area contributed by atoms with Gasteiger partial charge in [-0.3, -0.25) is 0 Å². The number of halogens is 1. The first kappa shape index (κ1) is 10.7. The Morgan fingerprint density at radius 2 is 2.29 bits per heavy atom. The Morgan fingerprint density at radius 1 is 1.50 bits per heavy atom. The van der Waals surface area contributed by atoms with E-state index >= 15 is 0 Å². The van der Waals surface area contributed by atoms with Crippen LogP contribution in [0.4, 0.5) is 4.39 Å². The van der Waals surface area contributed by atoms with E-state index in [0.29, 0.717) is 17.7 Å². The monoisotopic (exact) mass is 193 g/mol. The van der Waals surface area contributed by atoms with Crippen molar-refractivity contribution in [1.29, 1.82) is 0 Å². The molecule has 1 aromatic rings. The number of nitrogens with one attached hydrogen (secondary N) is 1. The van der Waals surface area contributed by atoms with Gasteiger partial charge in [-0.25, -0.2) is 4.39 Å². The quantitative estimate of drug-likeness (QED) is 0.684. The van der Waals surface area contributed by atoms with Gasteiger partial charge in [-0.1, -0.05) is 17.9 Å². The Labute approximate surface area is 82.8 Å². The Balaban J connectivity index is 2.91. The standard InChI is InChI=1S/C11H12FNO/c1-13-6-2-3-10-7-9(8-14)4-5-11(10)12/h4-5,7,13-14H,6,8H2,1H3. The van der Waals surface area contributed by atoms with Crippen LogP contribution in [0.2, 0.25) is 0 Å². The summed E-state index contributed by atoms with van der Waals surface area (Å²) in [6, 6.07) is 4.41. The van der Waals surface area contributed by atoms with Gasteiger partial charge in [0.15, 0.2) is 0 Å². The predicted octanol–water partition coefficient (Wildman–Crippen LogP) is 0.889. The summed E-state index contributed by atoms with van der Waals surface area (Å²) in [6.45, 7) is 0.420. The van der Waals surface area contributed by atoms with Crippen molar-refractivity contribution in [2.24, 2.45) is 0 Å². The Bertz CT molecular complexity index is 365. The maximum Gasteiger partial charge on any atom is 0.138 e.